The second-order valence-corrected chi connectivity index (χ2v) is 6.37. The first-order chi connectivity index (χ1) is 10.2. The quantitative estimate of drug-likeness (QED) is 0.832. The van der Waals surface area contributed by atoms with Gasteiger partial charge in [0.15, 0.2) is 0 Å². The summed E-state index contributed by atoms with van der Waals surface area (Å²) in [4.78, 5) is 2.38. The fourth-order valence-electron chi connectivity index (χ4n) is 2.96. The highest BCUT2D eigenvalue weighted by atomic mass is 16.5. The van der Waals surface area contributed by atoms with Gasteiger partial charge in [-0.05, 0) is 49.8 Å². The molecule has 0 aliphatic carbocycles. The Bertz CT molecular complexity index is 406. The van der Waals surface area contributed by atoms with E-state index in [2.05, 4.69) is 55.3 Å². The Kier molecular flexibility index (Phi) is 6.07. The molecule has 0 spiro atoms. The van der Waals surface area contributed by atoms with Crippen LogP contribution >= 0.6 is 0 Å². The van der Waals surface area contributed by atoms with E-state index in [0.717, 1.165) is 39.4 Å². The number of benzene rings is 1. The van der Waals surface area contributed by atoms with Gasteiger partial charge in [-0.25, -0.2) is 0 Å². The minimum Gasteiger partial charge on any atom is -0.381 e. The van der Waals surface area contributed by atoms with Crippen LogP contribution in [0.3, 0.4) is 0 Å². The van der Waals surface area contributed by atoms with Crippen LogP contribution in [0.15, 0.2) is 24.3 Å². The Morgan fingerprint density at radius 1 is 1.10 bits per heavy atom. The van der Waals surface area contributed by atoms with Crippen molar-refractivity contribution in [3.05, 3.63) is 29.8 Å². The van der Waals surface area contributed by atoms with E-state index in [1.165, 1.54) is 24.1 Å². The van der Waals surface area contributed by atoms with E-state index in [1.54, 1.807) is 0 Å². The summed E-state index contributed by atoms with van der Waals surface area (Å²) in [6.45, 7) is 12.8. The first kappa shape index (κ1) is 16.3. The molecule has 0 aromatic heterocycles. The maximum atomic E-state index is 5.45. The number of anilines is 1. The summed E-state index contributed by atoms with van der Waals surface area (Å²) in [5, 5.41) is 3.62. The molecule has 0 bridgehead atoms. The molecule has 3 nitrogen and oxygen atoms in total. The van der Waals surface area contributed by atoms with E-state index in [1.807, 2.05) is 0 Å². The van der Waals surface area contributed by atoms with Crippen LogP contribution in [0.25, 0.3) is 0 Å². The average Bonchev–Trinajstić information content (AvgIpc) is 2.50. The van der Waals surface area contributed by atoms with E-state index in [0.29, 0.717) is 5.41 Å². The van der Waals surface area contributed by atoms with Gasteiger partial charge in [-0.15, -0.1) is 0 Å². The SMILES string of the molecule is CCN(CC)c1ccc(CNCC2(C)CCOCC2)cc1. The fourth-order valence-corrected chi connectivity index (χ4v) is 2.96. The van der Waals surface area contributed by atoms with Crippen LogP contribution in [-0.2, 0) is 11.3 Å². The Hall–Kier alpha value is -1.06. The topological polar surface area (TPSA) is 24.5 Å². The lowest BCUT2D eigenvalue weighted by atomic mass is 9.82. The van der Waals surface area contributed by atoms with Crippen molar-refractivity contribution in [2.75, 3.05) is 37.7 Å². The third-order valence-corrected chi connectivity index (χ3v) is 4.65. The van der Waals surface area contributed by atoms with Gasteiger partial charge in [0.25, 0.3) is 0 Å². The predicted molar refractivity (Wildman–Crippen MR) is 89.9 cm³/mol. The van der Waals surface area contributed by atoms with E-state index in [-0.39, 0.29) is 0 Å². The number of ether oxygens (including phenoxy) is 1. The molecule has 1 aliphatic heterocycles. The van der Waals surface area contributed by atoms with Gasteiger partial charge in [0, 0.05) is 45.1 Å². The van der Waals surface area contributed by atoms with Crippen LogP contribution in [0.2, 0.25) is 0 Å². The zero-order valence-electron chi connectivity index (χ0n) is 13.8. The smallest absolute Gasteiger partial charge is 0.0471 e. The van der Waals surface area contributed by atoms with Gasteiger partial charge in [-0.1, -0.05) is 19.1 Å². The van der Waals surface area contributed by atoms with Crippen molar-refractivity contribution < 1.29 is 4.74 Å². The van der Waals surface area contributed by atoms with E-state index in [4.69, 9.17) is 4.74 Å². The van der Waals surface area contributed by atoms with E-state index in [9.17, 15) is 0 Å². The first-order valence-corrected chi connectivity index (χ1v) is 8.29. The van der Waals surface area contributed by atoms with Crippen LogP contribution in [0, 0.1) is 5.41 Å². The summed E-state index contributed by atoms with van der Waals surface area (Å²) >= 11 is 0. The van der Waals surface area contributed by atoms with Gasteiger partial charge in [-0.2, -0.15) is 0 Å². The molecule has 1 N–H and O–H groups in total. The van der Waals surface area contributed by atoms with E-state index < -0.39 is 0 Å². The highest BCUT2D eigenvalue weighted by Gasteiger charge is 2.26. The summed E-state index contributed by atoms with van der Waals surface area (Å²) in [5.74, 6) is 0. The molecule has 0 amide bonds. The molecular formula is C18H30N2O. The lowest BCUT2D eigenvalue weighted by Gasteiger charge is -2.33. The second kappa shape index (κ2) is 7.81. The first-order valence-electron chi connectivity index (χ1n) is 8.29. The molecule has 3 heteroatoms. The molecule has 1 heterocycles. The van der Waals surface area contributed by atoms with Crippen molar-refractivity contribution in [3.8, 4) is 0 Å². The maximum Gasteiger partial charge on any atom is 0.0471 e. The van der Waals surface area contributed by atoms with Crippen LogP contribution in [0.4, 0.5) is 5.69 Å². The number of hydrogen-bond acceptors (Lipinski definition) is 3. The summed E-state index contributed by atoms with van der Waals surface area (Å²) in [5.41, 5.74) is 3.08. The van der Waals surface area contributed by atoms with Crippen molar-refractivity contribution in [2.24, 2.45) is 5.41 Å². The highest BCUT2D eigenvalue weighted by molar-refractivity contribution is 5.47. The molecule has 0 radical (unpaired) electrons. The fraction of sp³-hybridized carbons (Fsp3) is 0.667. The van der Waals surface area contributed by atoms with Gasteiger partial charge in [0.1, 0.15) is 0 Å². The van der Waals surface area contributed by atoms with Crippen molar-refractivity contribution >= 4 is 5.69 Å². The molecule has 2 rings (SSSR count). The lowest BCUT2D eigenvalue weighted by Crippen LogP contribution is -2.36. The third kappa shape index (κ3) is 4.72. The number of nitrogens with one attached hydrogen (secondary N) is 1. The molecule has 1 aromatic rings. The van der Waals surface area contributed by atoms with Gasteiger partial charge < -0.3 is 15.0 Å². The molecule has 1 saturated heterocycles. The van der Waals surface area contributed by atoms with Crippen molar-refractivity contribution in [1.29, 1.82) is 0 Å². The minimum atomic E-state index is 0.402. The number of hydrogen-bond donors (Lipinski definition) is 1. The van der Waals surface area contributed by atoms with Crippen molar-refractivity contribution in [3.63, 3.8) is 0 Å². The summed E-state index contributed by atoms with van der Waals surface area (Å²) in [7, 11) is 0. The zero-order valence-corrected chi connectivity index (χ0v) is 13.8. The van der Waals surface area contributed by atoms with Crippen LogP contribution < -0.4 is 10.2 Å². The van der Waals surface area contributed by atoms with Crippen molar-refractivity contribution in [2.45, 2.75) is 40.2 Å². The highest BCUT2D eigenvalue weighted by Crippen LogP contribution is 2.28. The zero-order chi connectivity index (χ0) is 15.1. The van der Waals surface area contributed by atoms with E-state index >= 15 is 0 Å². The van der Waals surface area contributed by atoms with Crippen LogP contribution in [0.5, 0.6) is 0 Å². The van der Waals surface area contributed by atoms with Gasteiger partial charge >= 0.3 is 0 Å². The molecule has 0 atom stereocenters. The van der Waals surface area contributed by atoms with Gasteiger partial charge in [0.2, 0.25) is 0 Å². The average molecular weight is 290 g/mol. The Morgan fingerprint density at radius 2 is 1.71 bits per heavy atom. The summed E-state index contributed by atoms with van der Waals surface area (Å²) in [6.07, 6.45) is 2.34. The third-order valence-electron chi connectivity index (χ3n) is 4.65. The molecule has 0 saturated carbocycles. The second-order valence-electron chi connectivity index (χ2n) is 6.37. The molecule has 1 aliphatic rings. The molecule has 118 valence electrons. The van der Waals surface area contributed by atoms with Crippen molar-refractivity contribution in [1.82, 2.24) is 5.32 Å². The number of nitrogens with zero attached hydrogens (tertiary/aromatic N) is 1. The Balaban J connectivity index is 1.80. The predicted octanol–water partition coefficient (Wildman–Crippen LogP) is 3.44. The molecular weight excluding hydrogens is 260 g/mol. The number of rotatable bonds is 7. The summed E-state index contributed by atoms with van der Waals surface area (Å²) in [6, 6.07) is 8.96. The Morgan fingerprint density at radius 3 is 2.29 bits per heavy atom. The Labute approximate surface area is 129 Å². The molecule has 1 fully saturated rings. The standard InChI is InChI=1S/C18H30N2O/c1-4-20(5-2)17-8-6-16(7-9-17)14-19-15-18(3)10-12-21-13-11-18/h6-9,19H,4-5,10-15H2,1-3H3. The monoisotopic (exact) mass is 290 g/mol. The molecule has 21 heavy (non-hydrogen) atoms. The van der Waals surface area contributed by atoms with Gasteiger partial charge in [0.05, 0.1) is 0 Å². The molecule has 1 aromatic carbocycles. The van der Waals surface area contributed by atoms with Crippen LogP contribution in [0.1, 0.15) is 39.2 Å². The largest absolute Gasteiger partial charge is 0.381 e. The minimum absolute atomic E-state index is 0.402. The lowest BCUT2D eigenvalue weighted by molar-refractivity contribution is 0.0240. The normalized spacial score (nSPS) is 17.7. The van der Waals surface area contributed by atoms with Crippen LogP contribution in [-0.4, -0.2) is 32.8 Å². The van der Waals surface area contributed by atoms with Gasteiger partial charge in [-0.3, -0.25) is 0 Å². The maximum absolute atomic E-state index is 5.45. The molecule has 0 unspecified atom stereocenters. The summed E-state index contributed by atoms with van der Waals surface area (Å²) < 4.78 is 5.45.